The summed E-state index contributed by atoms with van der Waals surface area (Å²) in [7, 11) is 0. The number of aliphatic hydroxyl groups is 4. The van der Waals surface area contributed by atoms with E-state index in [-0.39, 0.29) is 30.4 Å². The molecule has 3 saturated heterocycles. The van der Waals surface area contributed by atoms with E-state index in [2.05, 4.69) is 0 Å². The van der Waals surface area contributed by atoms with Crippen LogP contribution in [0.4, 0.5) is 39.5 Å². The molecule has 0 bridgehead atoms. The van der Waals surface area contributed by atoms with Gasteiger partial charge < -0.3 is 44.1 Å². The second kappa shape index (κ2) is 24.4. The van der Waals surface area contributed by atoms with Crippen molar-refractivity contribution >= 4 is 35.1 Å². The summed E-state index contributed by atoms with van der Waals surface area (Å²) in [5.41, 5.74) is -12.4. The first-order chi connectivity index (χ1) is 36.4. The lowest BCUT2D eigenvalue weighted by Gasteiger charge is -2.17. The molecule has 5 aromatic rings. The quantitative estimate of drug-likeness (QED) is 0.0781. The molecule has 3 unspecified atom stereocenters. The number of hydrogen-bond donors (Lipinski definition) is 7. The van der Waals surface area contributed by atoms with Gasteiger partial charge in [0.05, 0.1) is 36.5 Å². The van der Waals surface area contributed by atoms with E-state index in [9.17, 15) is 93.2 Å². The number of aromatic amines is 3. The van der Waals surface area contributed by atoms with Crippen molar-refractivity contribution in [3.63, 3.8) is 0 Å². The van der Waals surface area contributed by atoms with Crippen LogP contribution in [0.15, 0.2) is 95.9 Å². The second-order valence-electron chi connectivity index (χ2n) is 16.8. The summed E-state index contributed by atoms with van der Waals surface area (Å²) in [5, 5.41) is 38.7. The highest BCUT2D eigenvalue weighted by atomic mass is 35.5. The van der Waals surface area contributed by atoms with Crippen LogP contribution in [0.3, 0.4) is 0 Å². The number of ether oxygens (including phenoxy) is 5. The van der Waals surface area contributed by atoms with Crippen LogP contribution in [0.2, 0.25) is 10.0 Å². The second-order valence-corrected chi connectivity index (χ2v) is 17.6. The molecule has 3 fully saturated rings. The van der Waals surface area contributed by atoms with Gasteiger partial charge in [0.2, 0.25) is 0 Å². The van der Waals surface area contributed by atoms with Crippen LogP contribution in [0, 0.1) is 0 Å². The number of halogens is 11. The van der Waals surface area contributed by atoms with E-state index in [1.165, 1.54) is 48.5 Å². The Bertz CT molecular complexity index is 3330. The van der Waals surface area contributed by atoms with Crippen molar-refractivity contribution in [2.75, 3.05) is 19.8 Å². The Labute approximate surface area is 436 Å². The van der Waals surface area contributed by atoms with Crippen LogP contribution in [-0.4, -0.2) is 117 Å². The largest absolute Gasteiger partial charge is 0.459 e. The zero-order valence-electron chi connectivity index (χ0n) is 38.9. The van der Waals surface area contributed by atoms with Gasteiger partial charge in [-0.3, -0.25) is 43.0 Å². The van der Waals surface area contributed by atoms with Gasteiger partial charge in [0.25, 0.3) is 16.7 Å². The van der Waals surface area contributed by atoms with Crippen LogP contribution < -0.4 is 33.7 Å². The van der Waals surface area contributed by atoms with Gasteiger partial charge >= 0.3 is 47.5 Å². The lowest BCUT2D eigenvalue weighted by atomic mass is 10.1. The van der Waals surface area contributed by atoms with Gasteiger partial charge in [-0.05, 0) is 48.5 Å². The number of aromatic nitrogens is 6. The summed E-state index contributed by atoms with van der Waals surface area (Å²) >= 11 is 11.5. The summed E-state index contributed by atoms with van der Waals surface area (Å²) in [6.45, 7) is -1.55. The lowest BCUT2D eigenvalue weighted by Crippen LogP contribution is -2.36. The average molecular weight is 1170 g/mol. The maximum atomic E-state index is 13.0. The molecule has 3 aliphatic heterocycles. The number of alkyl halides is 9. The summed E-state index contributed by atoms with van der Waals surface area (Å²) < 4.78 is 143. The molecule has 8 rings (SSSR count). The Balaban J connectivity index is 0.000000193. The molecular weight excluding hydrogens is 1130 g/mol. The van der Waals surface area contributed by atoms with Crippen molar-refractivity contribution in [2.24, 2.45) is 0 Å². The van der Waals surface area contributed by atoms with Crippen LogP contribution in [0.1, 0.15) is 75.4 Å². The average Bonchev–Trinajstić information content (AvgIpc) is 4.11. The van der Waals surface area contributed by atoms with Gasteiger partial charge in [0.1, 0.15) is 66.4 Å². The Morgan fingerprint density at radius 1 is 0.538 bits per heavy atom. The maximum Gasteiger partial charge on any atom is 0.423 e. The SMILES string of the molecule is O=C(OC1C[C@H](n2cc(C(F)(F)F)c(=O)[nH]c2=O)O[C@@H]1CO)c1ccc(Cl)cc1.O=C(OC[C@H]1O[C@@H](n2cc(C(F)(F)F)c(=O)[nH]c2=O)CC1O)c1ccc(Cl)cc1.O=c1[nH]c(=O)n([C@H]2CC(O)[C@@H](CO)O2)cc1C(F)(F)F. The van der Waals surface area contributed by atoms with Gasteiger partial charge in [0, 0.05) is 47.9 Å². The van der Waals surface area contributed by atoms with E-state index < -0.39 is 156 Å². The van der Waals surface area contributed by atoms with Gasteiger partial charge in [-0.1, -0.05) is 23.2 Å². The van der Waals surface area contributed by atoms with Crippen LogP contribution in [0.5, 0.6) is 0 Å². The number of esters is 2. The van der Waals surface area contributed by atoms with Crippen molar-refractivity contribution in [2.45, 2.75) is 93.1 Å². The van der Waals surface area contributed by atoms with E-state index >= 15 is 0 Å². The molecule has 0 spiro atoms. The molecule has 7 N–H and O–H groups in total. The molecule has 6 heterocycles. The third-order valence-electron chi connectivity index (χ3n) is 11.5. The minimum Gasteiger partial charge on any atom is -0.459 e. The minimum absolute atomic E-state index is 0.162. The van der Waals surface area contributed by atoms with Crippen LogP contribution in [-0.2, 0) is 42.2 Å². The molecule has 0 saturated carbocycles. The number of aliphatic hydroxyl groups excluding tert-OH is 4. The number of hydrogen-bond acceptors (Lipinski definition) is 17. The third-order valence-corrected chi connectivity index (χ3v) is 12.0. The van der Waals surface area contributed by atoms with E-state index in [1.807, 2.05) is 0 Å². The van der Waals surface area contributed by atoms with Crippen molar-refractivity contribution in [3.05, 3.63) is 167 Å². The normalized spacial score (nSPS) is 23.2. The Kier molecular flexibility index (Phi) is 18.9. The summed E-state index contributed by atoms with van der Waals surface area (Å²) in [6.07, 6.45) is -24.8. The number of carbonyl (C=O) groups excluding carboxylic acids is 2. The lowest BCUT2D eigenvalue weighted by molar-refractivity contribution is -0.140. The van der Waals surface area contributed by atoms with E-state index in [0.717, 1.165) is 0 Å². The minimum atomic E-state index is -4.99. The zero-order valence-corrected chi connectivity index (χ0v) is 40.4. The molecule has 9 atom stereocenters. The third kappa shape index (κ3) is 14.6. The van der Waals surface area contributed by atoms with Gasteiger partial charge in [-0.2, -0.15) is 39.5 Å². The first-order valence-corrected chi connectivity index (χ1v) is 22.9. The molecular formula is C44H39Cl2F9N6O17. The Morgan fingerprint density at radius 2 is 0.872 bits per heavy atom. The fourth-order valence-corrected chi connectivity index (χ4v) is 7.82. The predicted octanol–water partition coefficient (Wildman–Crippen LogP) is 2.62. The first-order valence-electron chi connectivity index (χ1n) is 22.1. The van der Waals surface area contributed by atoms with E-state index in [1.54, 1.807) is 15.0 Å². The summed E-state index contributed by atoms with van der Waals surface area (Å²) in [6, 6.07) is 11.6. The van der Waals surface area contributed by atoms with Crippen molar-refractivity contribution in [1.29, 1.82) is 0 Å². The van der Waals surface area contributed by atoms with E-state index in [4.69, 9.17) is 52.0 Å². The number of nitrogens with zero attached hydrogens (tertiary/aromatic N) is 3. The molecule has 2 aromatic carbocycles. The molecule has 3 aromatic heterocycles. The number of nitrogens with one attached hydrogen (secondary N) is 3. The van der Waals surface area contributed by atoms with Crippen LogP contribution >= 0.6 is 23.2 Å². The Morgan fingerprint density at radius 3 is 1.23 bits per heavy atom. The first kappa shape index (κ1) is 60.3. The molecule has 78 heavy (non-hydrogen) atoms. The van der Waals surface area contributed by atoms with E-state index in [0.29, 0.717) is 42.3 Å². The van der Waals surface area contributed by atoms with Crippen LogP contribution in [0.25, 0.3) is 0 Å². The van der Waals surface area contributed by atoms with Crippen molar-refractivity contribution < 1.29 is 93.2 Å². The Hall–Kier alpha value is -6.91. The highest BCUT2D eigenvalue weighted by Gasteiger charge is 2.43. The summed E-state index contributed by atoms with van der Waals surface area (Å²) in [4.78, 5) is 98.2. The standard InChI is InChI=1S/2C17H14ClF3N2O6.C10H11F3N2O5/c18-9-3-1-8(2-4-9)15(26)28-7-12-11(24)5-13(29-12)23-6-10(17(19,20)21)14(25)22-16(23)27;18-9-3-1-8(2-4-9)15(26)29-11-5-13(28-12(11)7-24)23-6-10(17(19,20)21)14(25)22-16(23)27;11-10(12,13)4-2-15(9(19)14-8(4)18)7-1-5(17)6(3-16)20-7/h2*1-4,6,11-13,24H,5,7H2,(H,22,25,27);2,5-7,16-17H,1,3H2,(H,14,18,19)/t2*11?,12-,13-;5?,6-,7-/m111/s1. The molecule has 0 amide bonds. The monoisotopic (exact) mass is 1160 g/mol. The molecule has 34 heteroatoms. The fraction of sp³-hybridized carbons (Fsp3) is 0.409. The van der Waals surface area contributed by atoms with Crippen molar-refractivity contribution in [1.82, 2.24) is 28.7 Å². The number of H-pyrrole nitrogens is 3. The van der Waals surface area contributed by atoms with Gasteiger partial charge in [-0.15, -0.1) is 0 Å². The number of rotatable bonds is 10. The molecule has 23 nitrogen and oxygen atoms in total. The maximum absolute atomic E-state index is 13.0. The predicted molar refractivity (Wildman–Crippen MR) is 243 cm³/mol. The summed E-state index contributed by atoms with van der Waals surface area (Å²) in [5.74, 6) is -1.49. The molecule has 0 radical (unpaired) electrons. The molecule has 0 aliphatic carbocycles. The highest BCUT2D eigenvalue weighted by Crippen LogP contribution is 2.34. The topological polar surface area (TPSA) is 326 Å². The fourth-order valence-electron chi connectivity index (χ4n) is 7.57. The zero-order chi connectivity index (χ0) is 57.8. The molecule has 3 aliphatic rings. The van der Waals surface area contributed by atoms with Gasteiger partial charge in [-0.25, -0.2) is 24.0 Å². The number of carbonyl (C=O) groups is 2. The van der Waals surface area contributed by atoms with Crippen molar-refractivity contribution in [3.8, 4) is 0 Å². The van der Waals surface area contributed by atoms with Gasteiger partial charge in [0.15, 0.2) is 0 Å². The smallest absolute Gasteiger partial charge is 0.423 e. The highest BCUT2D eigenvalue weighted by molar-refractivity contribution is 6.31. The molecule has 424 valence electrons. The number of benzene rings is 2.